The van der Waals surface area contributed by atoms with Gasteiger partial charge in [0.25, 0.3) is 0 Å². The second kappa shape index (κ2) is 9.35. The average molecular weight is 409 g/mol. The van der Waals surface area contributed by atoms with Crippen molar-refractivity contribution in [2.75, 3.05) is 19.0 Å². The summed E-state index contributed by atoms with van der Waals surface area (Å²) in [6.45, 7) is 6.20. The number of rotatable bonds is 5. The molecule has 0 atom stereocenters. The Morgan fingerprint density at radius 2 is 1.96 bits per heavy atom. The van der Waals surface area contributed by atoms with E-state index in [-0.39, 0.29) is 30.2 Å². The third-order valence-electron chi connectivity index (χ3n) is 4.54. The molecule has 1 N–H and O–H groups in total. The van der Waals surface area contributed by atoms with E-state index in [2.05, 4.69) is 22.3 Å². The van der Waals surface area contributed by atoms with E-state index >= 15 is 0 Å². The molecule has 2 heterocycles. The van der Waals surface area contributed by atoms with Crippen LogP contribution < -0.4 is 5.32 Å². The Bertz CT molecular complexity index is 805. The van der Waals surface area contributed by atoms with Crippen LogP contribution in [-0.4, -0.2) is 30.4 Å². The highest BCUT2D eigenvalue weighted by Gasteiger charge is 2.29. The molecule has 0 saturated heterocycles. The van der Waals surface area contributed by atoms with E-state index in [9.17, 15) is 9.59 Å². The lowest BCUT2D eigenvalue weighted by Crippen LogP contribution is -2.29. The smallest absolute Gasteiger partial charge is 0.341 e. The Labute approximate surface area is 170 Å². The number of hydrogen-bond acceptors (Lipinski definition) is 5. The van der Waals surface area contributed by atoms with Gasteiger partial charge in [0.2, 0.25) is 5.91 Å². The van der Waals surface area contributed by atoms with Crippen LogP contribution in [0.3, 0.4) is 0 Å². The number of benzene rings is 1. The number of fused-ring (bicyclic) bond motifs is 1. The molecule has 0 radical (unpaired) electrons. The molecule has 5 nitrogen and oxygen atoms in total. The summed E-state index contributed by atoms with van der Waals surface area (Å²) in [7, 11) is 1.38. The maximum Gasteiger partial charge on any atom is 0.341 e. The Morgan fingerprint density at radius 1 is 1.26 bits per heavy atom. The van der Waals surface area contributed by atoms with Gasteiger partial charge in [-0.3, -0.25) is 9.69 Å². The van der Waals surface area contributed by atoms with Crippen LogP contribution in [0.5, 0.6) is 0 Å². The largest absolute Gasteiger partial charge is 0.465 e. The van der Waals surface area contributed by atoms with Gasteiger partial charge in [-0.25, -0.2) is 4.79 Å². The first-order valence-electron chi connectivity index (χ1n) is 8.79. The van der Waals surface area contributed by atoms with Crippen molar-refractivity contribution < 1.29 is 14.3 Å². The molecule has 1 aliphatic rings. The van der Waals surface area contributed by atoms with Crippen molar-refractivity contribution in [2.24, 2.45) is 5.92 Å². The lowest BCUT2D eigenvalue weighted by atomic mass is 10.0. The Kier molecular flexibility index (Phi) is 7.41. The molecule has 0 spiro atoms. The molecule has 146 valence electrons. The summed E-state index contributed by atoms with van der Waals surface area (Å²) in [6.07, 6.45) is 0.778. The van der Waals surface area contributed by atoms with Crippen LogP contribution in [-0.2, 0) is 29.0 Å². The Hall–Kier alpha value is -1.89. The van der Waals surface area contributed by atoms with Crippen molar-refractivity contribution in [3.05, 3.63) is 51.9 Å². The molecule has 0 bridgehead atoms. The van der Waals surface area contributed by atoms with Gasteiger partial charge in [-0.1, -0.05) is 44.2 Å². The van der Waals surface area contributed by atoms with Gasteiger partial charge in [0.15, 0.2) is 0 Å². The van der Waals surface area contributed by atoms with Crippen molar-refractivity contribution in [3.8, 4) is 0 Å². The third kappa shape index (κ3) is 4.89. The minimum absolute atomic E-state index is 0. The third-order valence-corrected chi connectivity index (χ3v) is 5.67. The number of amides is 1. The fourth-order valence-corrected chi connectivity index (χ4v) is 4.38. The predicted octanol–water partition coefficient (Wildman–Crippen LogP) is 4.11. The number of methoxy groups -OCH3 is 1. The van der Waals surface area contributed by atoms with Crippen LogP contribution in [0, 0.1) is 5.92 Å². The molecule has 0 saturated carbocycles. The zero-order chi connectivity index (χ0) is 18.7. The molecule has 2 aromatic rings. The van der Waals surface area contributed by atoms with Crippen molar-refractivity contribution >= 4 is 40.6 Å². The monoisotopic (exact) mass is 408 g/mol. The fraction of sp³-hybridized carbons (Fsp3) is 0.400. The van der Waals surface area contributed by atoms with E-state index in [0.717, 1.165) is 36.5 Å². The number of carbonyl (C=O) groups is 2. The van der Waals surface area contributed by atoms with Gasteiger partial charge < -0.3 is 10.1 Å². The second-order valence-corrected chi connectivity index (χ2v) is 7.89. The number of halogens is 1. The average Bonchev–Trinajstić information content (AvgIpc) is 2.98. The van der Waals surface area contributed by atoms with E-state index in [0.29, 0.717) is 10.6 Å². The van der Waals surface area contributed by atoms with Crippen LogP contribution in [0.1, 0.15) is 40.2 Å². The topological polar surface area (TPSA) is 58.6 Å². The normalized spacial score (nSPS) is 13.6. The first-order valence-corrected chi connectivity index (χ1v) is 9.61. The van der Waals surface area contributed by atoms with Crippen molar-refractivity contribution in [1.29, 1.82) is 0 Å². The lowest BCUT2D eigenvalue weighted by molar-refractivity contribution is -0.118. The molecule has 0 unspecified atom stereocenters. The summed E-state index contributed by atoms with van der Waals surface area (Å²) in [5.74, 6) is -0.609. The standard InChI is InChI=1S/C20H24N2O3S.ClH/c1-13(2)18(23)21-19-17(20(24)25-3)15-9-10-22(12-16(15)26-19)11-14-7-5-4-6-8-14;/h4-8,13H,9-12H2,1-3H3,(H,21,23);1H. The molecule has 27 heavy (non-hydrogen) atoms. The molecular formula is C20H25ClN2O3S. The zero-order valence-electron chi connectivity index (χ0n) is 15.8. The quantitative estimate of drug-likeness (QED) is 0.756. The molecular weight excluding hydrogens is 384 g/mol. The number of esters is 1. The maximum absolute atomic E-state index is 12.3. The van der Waals surface area contributed by atoms with Gasteiger partial charge in [0, 0.05) is 30.4 Å². The number of anilines is 1. The highest BCUT2D eigenvalue weighted by atomic mass is 35.5. The van der Waals surface area contributed by atoms with E-state index in [1.54, 1.807) is 0 Å². The molecule has 0 aliphatic carbocycles. The minimum atomic E-state index is -0.377. The SMILES string of the molecule is COC(=O)c1c(NC(=O)C(C)C)sc2c1CCN(Cc1ccccc1)C2.Cl. The maximum atomic E-state index is 12.3. The van der Waals surface area contributed by atoms with Crippen LogP contribution >= 0.6 is 23.7 Å². The van der Waals surface area contributed by atoms with Crippen molar-refractivity contribution in [3.63, 3.8) is 0 Å². The van der Waals surface area contributed by atoms with E-state index in [4.69, 9.17) is 4.74 Å². The van der Waals surface area contributed by atoms with Crippen molar-refractivity contribution in [2.45, 2.75) is 33.4 Å². The lowest BCUT2D eigenvalue weighted by Gasteiger charge is -2.27. The zero-order valence-corrected chi connectivity index (χ0v) is 17.4. The molecule has 3 rings (SSSR count). The van der Waals surface area contributed by atoms with Crippen LogP contribution in [0.2, 0.25) is 0 Å². The predicted molar refractivity (Wildman–Crippen MR) is 111 cm³/mol. The van der Waals surface area contributed by atoms with Gasteiger partial charge >= 0.3 is 5.97 Å². The van der Waals surface area contributed by atoms with Gasteiger partial charge in [-0.15, -0.1) is 23.7 Å². The second-order valence-electron chi connectivity index (χ2n) is 6.79. The number of thiophene rings is 1. The highest BCUT2D eigenvalue weighted by Crippen LogP contribution is 2.38. The van der Waals surface area contributed by atoms with E-state index < -0.39 is 0 Å². The van der Waals surface area contributed by atoms with Gasteiger partial charge in [-0.05, 0) is 17.5 Å². The molecule has 1 aliphatic heterocycles. The molecule has 1 amide bonds. The summed E-state index contributed by atoms with van der Waals surface area (Å²) in [6, 6.07) is 10.4. The van der Waals surface area contributed by atoms with Gasteiger partial charge in [0.1, 0.15) is 5.00 Å². The van der Waals surface area contributed by atoms with Gasteiger partial charge in [0.05, 0.1) is 12.7 Å². The summed E-state index contributed by atoms with van der Waals surface area (Å²) >= 11 is 1.49. The molecule has 7 heteroatoms. The number of ether oxygens (including phenoxy) is 1. The van der Waals surface area contributed by atoms with E-state index in [1.807, 2.05) is 32.0 Å². The van der Waals surface area contributed by atoms with E-state index in [1.165, 1.54) is 24.0 Å². The minimum Gasteiger partial charge on any atom is -0.465 e. The van der Waals surface area contributed by atoms with Crippen molar-refractivity contribution in [1.82, 2.24) is 4.90 Å². The summed E-state index contributed by atoms with van der Waals surface area (Å²) < 4.78 is 4.97. The number of hydrogen-bond donors (Lipinski definition) is 1. The Balaban J connectivity index is 0.00000261. The summed E-state index contributed by atoms with van der Waals surface area (Å²) in [4.78, 5) is 27.9. The molecule has 0 fully saturated rings. The highest BCUT2D eigenvalue weighted by molar-refractivity contribution is 7.17. The number of nitrogens with zero attached hydrogens (tertiary/aromatic N) is 1. The first kappa shape index (κ1) is 21.4. The van der Waals surface area contributed by atoms with Crippen LogP contribution in [0.4, 0.5) is 5.00 Å². The number of carbonyl (C=O) groups excluding carboxylic acids is 2. The number of nitrogens with one attached hydrogen (secondary N) is 1. The summed E-state index contributed by atoms with van der Waals surface area (Å²) in [5, 5.41) is 3.52. The molecule has 1 aromatic carbocycles. The van der Waals surface area contributed by atoms with Crippen LogP contribution in [0.15, 0.2) is 30.3 Å². The van der Waals surface area contributed by atoms with Gasteiger partial charge in [-0.2, -0.15) is 0 Å². The fourth-order valence-electron chi connectivity index (χ4n) is 3.10. The Morgan fingerprint density at radius 3 is 2.59 bits per heavy atom. The van der Waals surface area contributed by atoms with Crippen LogP contribution in [0.25, 0.3) is 0 Å². The summed E-state index contributed by atoms with van der Waals surface area (Å²) in [5.41, 5.74) is 2.82. The molecule has 1 aromatic heterocycles. The first-order chi connectivity index (χ1) is 12.5.